The summed E-state index contributed by atoms with van der Waals surface area (Å²) in [5.74, 6) is 0.812. The molecule has 0 radical (unpaired) electrons. The summed E-state index contributed by atoms with van der Waals surface area (Å²) >= 11 is 5.91. The molecule has 0 aliphatic carbocycles. The van der Waals surface area contributed by atoms with E-state index in [4.69, 9.17) is 16.3 Å². The first-order chi connectivity index (χ1) is 13.6. The van der Waals surface area contributed by atoms with E-state index in [0.717, 1.165) is 43.9 Å². The fraction of sp³-hybridized carbons (Fsp3) is 0.304. The molecule has 2 aromatic carbocycles. The van der Waals surface area contributed by atoms with Gasteiger partial charge in [0.2, 0.25) is 5.90 Å². The van der Waals surface area contributed by atoms with Crippen molar-refractivity contribution < 1.29 is 9.53 Å². The first-order valence-electron chi connectivity index (χ1n) is 9.64. The molecular formula is C23H23ClN2O2. The summed E-state index contributed by atoms with van der Waals surface area (Å²) in [5, 5.41) is 0.646. The minimum absolute atomic E-state index is 0.0756. The summed E-state index contributed by atoms with van der Waals surface area (Å²) in [6.45, 7) is 4.24. The second-order valence-electron chi connectivity index (χ2n) is 7.30. The van der Waals surface area contributed by atoms with Gasteiger partial charge in [-0.3, -0.25) is 4.79 Å². The molecule has 2 aromatic rings. The maximum absolute atomic E-state index is 12.6. The molecular weight excluding hydrogens is 372 g/mol. The standard InChI is InChI=1S/C23H23ClN2O2/c1-16-15-25-22(28-16)19-4-2-17(3-5-19)14-18-10-12-26(13-11-18)23(27)20-6-8-21(24)9-7-20/h2-9,14,16H,10-13,15H2,1H3/t16-/m1/s1. The van der Waals surface area contributed by atoms with Crippen LogP contribution in [0.3, 0.4) is 0 Å². The maximum atomic E-state index is 12.6. The summed E-state index contributed by atoms with van der Waals surface area (Å²) in [7, 11) is 0. The number of halogens is 1. The van der Waals surface area contributed by atoms with Gasteiger partial charge in [-0.25, -0.2) is 4.99 Å². The molecule has 0 aromatic heterocycles. The summed E-state index contributed by atoms with van der Waals surface area (Å²) in [6.07, 6.45) is 4.19. The van der Waals surface area contributed by atoms with Gasteiger partial charge >= 0.3 is 0 Å². The number of amides is 1. The van der Waals surface area contributed by atoms with Gasteiger partial charge < -0.3 is 9.64 Å². The van der Waals surface area contributed by atoms with E-state index < -0.39 is 0 Å². The predicted octanol–water partition coefficient (Wildman–Crippen LogP) is 4.82. The van der Waals surface area contributed by atoms with E-state index in [2.05, 4.69) is 35.3 Å². The number of hydrogen-bond acceptors (Lipinski definition) is 3. The zero-order valence-corrected chi connectivity index (χ0v) is 16.7. The first-order valence-corrected chi connectivity index (χ1v) is 10.0. The summed E-state index contributed by atoms with van der Waals surface area (Å²) in [4.78, 5) is 18.9. The minimum Gasteiger partial charge on any atom is -0.472 e. The molecule has 1 fully saturated rings. The van der Waals surface area contributed by atoms with Crippen molar-refractivity contribution in [2.24, 2.45) is 4.99 Å². The van der Waals surface area contributed by atoms with Gasteiger partial charge in [-0.2, -0.15) is 0 Å². The second-order valence-corrected chi connectivity index (χ2v) is 7.73. The smallest absolute Gasteiger partial charge is 0.253 e. The van der Waals surface area contributed by atoms with Gasteiger partial charge in [0.15, 0.2) is 0 Å². The van der Waals surface area contributed by atoms with E-state index >= 15 is 0 Å². The third kappa shape index (κ3) is 4.28. The third-order valence-corrected chi connectivity index (χ3v) is 5.37. The van der Waals surface area contributed by atoms with Gasteiger partial charge in [-0.1, -0.05) is 35.4 Å². The molecule has 4 rings (SSSR count). The molecule has 2 heterocycles. The van der Waals surface area contributed by atoms with Crippen LogP contribution in [0.15, 0.2) is 59.1 Å². The maximum Gasteiger partial charge on any atom is 0.253 e. The van der Waals surface area contributed by atoms with Crippen LogP contribution in [0.4, 0.5) is 0 Å². The number of rotatable bonds is 3. The highest BCUT2D eigenvalue weighted by Crippen LogP contribution is 2.22. The predicted molar refractivity (Wildman–Crippen MR) is 113 cm³/mol. The zero-order valence-electron chi connectivity index (χ0n) is 15.9. The Morgan fingerprint density at radius 1 is 1.11 bits per heavy atom. The van der Waals surface area contributed by atoms with Crippen LogP contribution >= 0.6 is 11.6 Å². The van der Waals surface area contributed by atoms with Crippen LogP contribution in [-0.4, -0.2) is 42.4 Å². The summed E-state index contributed by atoms with van der Waals surface area (Å²) < 4.78 is 5.70. The molecule has 28 heavy (non-hydrogen) atoms. The van der Waals surface area contributed by atoms with Crippen molar-refractivity contribution in [1.82, 2.24) is 4.90 Å². The van der Waals surface area contributed by atoms with Crippen molar-refractivity contribution >= 4 is 29.5 Å². The quantitative estimate of drug-likeness (QED) is 0.748. The highest BCUT2D eigenvalue weighted by Gasteiger charge is 2.20. The Morgan fingerprint density at radius 2 is 1.79 bits per heavy atom. The lowest BCUT2D eigenvalue weighted by molar-refractivity contribution is 0.0744. The first kappa shape index (κ1) is 18.8. The molecule has 0 spiro atoms. The average Bonchev–Trinajstić information content (AvgIpc) is 3.15. The molecule has 144 valence electrons. The molecule has 1 saturated heterocycles. The van der Waals surface area contributed by atoms with Gasteiger partial charge in [0.25, 0.3) is 5.91 Å². The van der Waals surface area contributed by atoms with E-state index in [1.165, 1.54) is 11.1 Å². The lowest BCUT2D eigenvalue weighted by atomic mass is 9.99. The molecule has 4 nitrogen and oxygen atoms in total. The molecule has 1 amide bonds. The third-order valence-electron chi connectivity index (χ3n) is 5.12. The van der Waals surface area contributed by atoms with Gasteiger partial charge in [0, 0.05) is 29.2 Å². The van der Waals surface area contributed by atoms with E-state index in [9.17, 15) is 4.79 Å². The number of carbonyl (C=O) groups excluding carboxylic acids is 1. The number of piperidine rings is 1. The molecule has 0 saturated carbocycles. The molecule has 0 unspecified atom stereocenters. The van der Waals surface area contributed by atoms with Gasteiger partial charge in [-0.15, -0.1) is 0 Å². The van der Waals surface area contributed by atoms with Crippen molar-refractivity contribution in [3.63, 3.8) is 0 Å². The highest BCUT2D eigenvalue weighted by atomic mass is 35.5. The SMILES string of the molecule is C[C@@H]1CN=C(c2ccc(C=C3CCN(C(=O)c4ccc(Cl)cc4)CC3)cc2)O1. The molecule has 0 N–H and O–H groups in total. The van der Waals surface area contributed by atoms with Crippen LogP contribution in [0, 0.1) is 0 Å². The number of nitrogens with zero attached hydrogens (tertiary/aromatic N) is 2. The molecule has 0 bridgehead atoms. The summed E-state index contributed by atoms with van der Waals surface area (Å²) in [6, 6.07) is 15.4. The number of likely N-dealkylation sites (tertiary alicyclic amines) is 1. The minimum atomic E-state index is 0.0756. The Balaban J connectivity index is 1.36. The van der Waals surface area contributed by atoms with Gasteiger partial charge in [0.1, 0.15) is 6.10 Å². The van der Waals surface area contributed by atoms with E-state index in [-0.39, 0.29) is 12.0 Å². The van der Waals surface area contributed by atoms with Crippen LogP contribution in [0.25, 0.3) is 6.08 Å². The Hall–Kier alpha value is -2.59. The van der Waals surface area contributed by atoms with Gasteiger partial charge in [-0.05, 0) is 61.7 Å². The van der Waals surface area contributed by atoms with Crippen LogP contribution in [0.1, 0.15) is 41.3 Å². The van der Waals surface area contributed by atoms with E-state index in [1.807, 2.05) is 11.8 Å². The lowest BCUT2D eigenvalue weighted by Crippen LogP contribution is -2.36. The topological polar surface area (TPSA) is 41.9 Å². The zero-order chi connectivity index (χ0) is 19.5. The Kier molecular flexibility index (Phi) is 5.49. The largest absolute Gasteiger partial charge is 0.472 e. The monoisotopic (exact) mass is 394 g/mol. The van der Waals surface area contributed by atoms with Crippen molar-refractivity contribution in [1.29, 1.82) is 0 Å². The van der Waals surface area contributed by atoms with Crippen molar-refractivity contribution in [3.05, 3.63) is 75.8 Å². The van der Waals surface area contributed by atoms with Crippen molar-refractivity contribution in [3.8, 4) is 0 Å². The number of aliphatic imine (C=N–C) groups is 1. The number of carbonyl (C=O) groups is 1. The van der Waals surface area contributed by atoms with Crippen molar-refractivity contribution in [2.75, 3.05) is 19.6 Å². The number of ether oxygens (including phenoxy) is 1. The molecule has 2 aliphatic rings. The highest BCUT2D eigenvalue weighted by molar-refractivity contribution is 6.30. The van der Waals surface area contributed by atoms with Crippen LogP contribution in [0.5, 0.6) is 0 Å². The van der Waals surface area contributed by atoms with Crippen molar-refractivity contribution in [2.45, 2.75) is 25.9 Å². The van der Waals surface area contributed by atoms with Crippen LogP contribution in [0.2, 0.25) is 5.02 Å². The van der Waals surface area contributed by atoms with Crippen LogP contribution < -0.4 is 0 Å². The Morgan fingerprint density at radius 3 is 2.39 bits per heavy atom. The second kappa shape index (κ2) is 8.19. The fourth-order valence-corrected chi connectivity index (χ4v) is 3.64. The normalized spacial score (nSPS) is 19.2. The Bertz CT molecular complexity index is 907. The number of benzene rings is 2. The molecule has 5 heteroatoms. The molecule has 2 aliphatic heterocycles. The van der Waals surface area contributed by atoms with E-state index in [1.54, 1.807) is 24.3 Å². The van der Waals surface area contributed by atoms with Crippen LogP contribution in [-0.2, 0) is 4.74 Å². The molecule has 1 atom stereocenters. The van der Waals surface area contributed by atoms with Gasteiger partial charge in [0.05, 0.1) is 6.54 Å². The fourth-order valence-electron chi connectivity index (χ4n) is 3.51. The summed E-state index contributed by atoms with van der Waals surface area (Å²) in [5.41, 5.74) is 4.26. The lowest BCUT2D eigenvalue weighted by Gasteiger charge is -2.28. The Labute approximate surface area is 170 Å². The average molecular weight is 395 g/mol. The number of hydrogen-bond donors (Lipinski definition) is 0. The van der Waals surface area contributed by atoms with E-state index in [0.29, 0.717) is 10.6 Å².